The van der Waals surface area contributed by atoms with Crippen LogP contribution in [0.5, 0.6) is 0 Å². The molecule has 0 aliphatic heterocycles. The van der Waals surface area contributed by atoms with E-state index in [0.717, 1.165) is 13.0 Å². The summed E-state index contributed by atoms with van der Waals surface area (Å²) in [6, 6.07) is 2.60. The molecule has 0 saturated carbocycles. The van der Waals surface area contributed by atoms with Gasteiger partial charge in [0.1, 0.15) is 5.82 Å². The van der Waals surface area contributed by atoms with E-state index in [1.165, 1.54) is 19.1 Å². The molecule has 1 aromatic rings. The molecule has 0 aliphatic carbocycles. The number of nitrogens with one attached hydrogen (secondary N) is 1. The number of aliphatic hydroxyl groups is 2. The maximum atomic E-state index is 14.6. The van der Waals surface area contributed by atoms with Gasteiger partial charge in [0.15, 0.2) is 5.60 Å². The maximum absolute atomic E-state index is 14.6. The fourth-order valence-electron chi connectivity index (χ4n) is 1.92. The maximum Gasteiger partial charge on any atom is 0.306 e. The van der Waals surface area contributed by atoms with Gasteiger partial charge in [-0.15, -0.1) is 0 Å². The fraction of sp³-hybridized carbons (Fsp3) is 0.625. The molecule has 3 N–H and O–H groups in total. The highest BCUT2D eigenvalue weighted by Gasteiger charge is 2.52. The minimum absolute atomic E-state index is 0.0986. The van der Waals surface area contributed by atoms with Gasteiger partial charge in [-0.25, -0.2) is 13.3 Å². The monoisotopic (exact) mass is 367 g/mol. The molecule has 0 aromatic heterocycles. The molecule has 0 unspecified atom stereocenters. The minimum Gasteiger partial charge on any atom is -0.393 e. The summed E-state index contributed by atoms with van der Waals surface area (Å²) in [5.41, 5.74) is -3.93. The van der Waals surface area contributed by atoms with E-state index < -0.39 is 51.3 Å². The van der Waals surface area contributed by atoms with Crippen molar-refractivity contribution < 1.29 is 27.6 Å². The number of hydrogen-bond donors (Lipinski definition) is 3. The lowest BCUT2D eigenvalue weighted by Gasteiger charge is -2.32. The van der Waals surface area contributed by atoms with Crippen LogP contribution >= 0.6 is 0 Å². The summed E-state index contributed by atoms with van der Waals surface area (Å²) >= 11 is 0. The van der Waals surface area contributed by atoms with Crippen molar-refractivity contribution in [2.45, 2.75) is 56.9 Å². The van der Waals surface area contributed by atoms with Crippen molar-refractivity contribution in [2.75, 3.05) is 6.61 Å². The first-order valence-electron chi connectivity index (χ1n) is 7.43. The number of benzene rings is 1. The lowest BCUT2D eigenvalue weighted by Crippen LogP contribution is -2.47. The first-order valence-corrected chi connectivity index (χ1v) is 8.58. The molecule has 4 nitrogen and oxygen atoms in total. The van der Waals surface area contributed by atoms with Crippen LogP contribution in [0.15, 0.2) is 18.2 Å². The fourth-order valence-corrected chi connectivity index (χ4v) is 2.72. The molecule has 0 heterocycles. The third-order valence-electron chi connectivity index (χ3n) is 3.66. The summed E-state index contributed by atoms with van der Waals surface area (Å²) in [7, 11) is -1.52. The quantitative estimate of drug-likeness (QED) is 0.724. The second-order valence-electron chi connectivity index (χ2n) is 6.94. The van der Waals surface area contributed by atoms with E-state index in [0.29, 0.717) is 0 Å². The van der Waals surface area contributed by atoms with E-state index in [4.69, 9.17) is 5.11 Å². The average molecular weight is 367 g/mol. The van der Waals surface area contributed by atoms with Crippen LogP contribution in [-0.2, 0) is 16.9 Å². The van der Waals surface area contributed by atoms with E-state index in [9.17, 15) is 22.5 Å². The van der Waals surface area contributed by atoms with E-state index >= 15 is 0 Å². The van der Waals surface area contributed by atoms with Gasteiger partial charge in [0.25, 0.3) is 0 Å². The minimum atomic E-state index is -4.00. The van der Waals surface area contributed by atoms with Crippen LogP contribution in [0.3, 0.4) is 0 Å². The normalized spacial score (nSPS) is 18.1. The van der Waals surface area contributed by atoms with Crippen molar-refractivity contribution in [2.24, 2.45) is 0 Å². The zero-order chi connectivity index (χ0) is 18.9. The molecule has 0 radical (unpaired) electrons. The van der Waals surface area contributed by atoms with Gasteiger partial charge < -0.3 is 10.2 Å². The Morgan fingerprint density at radius 3 is 2.25 bits per heavy atom. The zero-order valence-corrected chi connectivity index (χ0v) is 15.2. The molecule has 24 heavy (non-hydrogen) atoms. The van der Waals surface area contributed by atoms with Crippen LogP contribution in [0.25, 0.3) is 0 Å². The molecule has 8 heteroatoms. The van der Waals surface area contributed by atoms with Gasteiger partial charge in [-0.05, 0) is 40.7 Å². The largest absolute Gasteiger partial charge is 0.393 e. The topological polar surface area (TPSA) is 69.6 Å². The van der Waals surface area contributed by atoms with E-state index in [-0.39, 0.29) is 5.56 Å². The van der Waals surface area contributed by atoms with Crippen molar-refractivity contribution >= 4 is 11.0 Å². The third-order valence-corrected chi connectivity index (χ3v) is 5.34. The Morgan fingerprint density at radius 2 is 1.79 bits per heavy atom. The van der Waals surface area contributed by atoms with Crippen molar-refractivity contribution in [1.82, 2.24) is 4.72 Å². The smallest absolute Gasteiger partial charge is 0.306 e. The van der Waals surface area contributed by atoms with E-state index in [1.807, 2.05) is 0 Å². The number of alkyl halides is 2. The van der Waals surface area contributed by atoms with Crippen molar-refractivity contribution in [3.8, 4) is 0 Å². The molecule has 0 spiro atoms. The van der Waals surface area contributed by atoms with Gasteiger partial charge in [0.2, 0.25) is 0 Å². The van der Waals surface area contributed by atoms with Gasteiger partial charge in [0, 0.05) is 11.6 Å². The van der Waals surface area contributed by atoms with Crippen molar-refractivity contribution in [3.63, 3.8) is 0 Å². The van der Waals surface area contributed by atoms with E-state index in [1.54, 1.807) is 20.8 Å². The molecule has 3 atom stereocenters. The first kappa shape index (κ1) is 21.1. The molecular weight excluding hydrogens is 343 g/mol. The zero-order valence-electron chi connectivity index (χ0n) is 14.4. The second kappa shape index (κ2) is 7.11. The number of halogens is 3. The summed E-state index contributed by atoms with van der Waals surface area (Å²) in [6.07, 6.45) is 0. The Hall–Kier alpha value is -0.960. The van der Waals surface area contributed by atoms with Crippen LogP contribution in [0.2, 0.25) is 0 Å². The highest BCUT2D eigenvalue weighted by Crippen LogP contribution is 2.41. The summed E-state index contributed by atoms with van der Waals surface area (Å²) in [6.45, 7) is 6.18. The lowest BCUT2D eigenvalue weighted by atomic mass is 9.90. The molecule has 138 valence electrons. The third kappa shape index (κ3) is 4.17. The van der Waals surface area contributed by atoms with Gasteiger partial charge >= 0.3 is 5.92 Å². The SMILES string of the molecule is C[C@@H](N[S@](=O)C(C)(C)C)c1cccc(C(F)(F)[C@@](C)(O)CO)c1F. The number of hydrogen-bond acceptors (Lipinski definition) is 3. The molecule has 0 saturated heterocycles. The van der Waals surface area contributed by atoms with Crippen molar-refractivity contribution in [1.29, 1.82) is 0 Å². The summed E-state index contributed by atoms with van der Waals surface area (Å²) in [5.74, 6) is -5.20. The molecular formula is C16H24F3NO3S. The highest BCUT2D eigenvalue weighted by atomic mass is 32.2. The molecule has 0 fully saturated rings. The van der Waals surface area contributed by atoms with Crippen LogP contribution in [0.4, 0.5) is 13.2 Å². The Balaban J connectivity index is 3.25. The van der Waals surface area contributed by atoms with Crippen LogP contribution in [-0.4, -0.2) is 31.4 Å². The Labute approximate surface area is 142 Å². The Bertz CT molecular complexity index is 615. The Morgan fingerprint density at radius 1 is 1.25 bits per heavy atom. The van der Waals surface area contributed by atoms with Crippen LogP contribution < -0.4 is 4.72 Å². The van der Waals surface area contributed by atoms with Crippen LogP contribution in [0, 0.1) is 5.82 Å². The Kier molecular flexibility index (Phi) is 6.25. The predicted molar refractivity (Wildman–Crippen MR) is 87.4 cm³/mol. The van der Waals surface area contributed by atoms with Gasteiger partial charge in [-0.2, -0.15) is 8.78 Å². The van der Waals surface area contributed by atoms with Crippen molar-refractivity contribution in [3.05, 3.63) is 35.1 Å². The molecule has 0 amide bonds. The molecule has 0 bridgehead atoms. The summed E-state index contributed by atoms with van der Waals surface area (Å²) < 4.78 is 57.5. The highest BCUT2D eigenvalue weighted by molar-refractivity contribution is 7.84. The van der Waals surface area contributed by atoms with Gasteiger partial charge in [-0.3, -0.25) is 0 Å². The van der Waals surface area contributed by atoms with Gasteiger partial charge in [-0.1, -0.05) is 12.1 Å². The van der Waals surface area contributed by atoms with Crippen LogP contribution in [0.1, 0.15) is 51.8 Å². The van der Waals surface area contributed by atoms with Gasteiger partial charge in [0.05, 0.1) is 27.9 Å². The number of aliphatic hydroxyl groups excluding tert-OH is 1. The molecule has 1 aromatic carbocycles. The number of rotatable bonds is 6. The summed E-state index contributed by atoms with van der Waals surface area (Å²) in [4.78, 5) is 0. The predicted octanol–water partition coefficient (Wildman–Crippen LogP) is 2.77. The first-order chi connectivity index (χ1) is 10.8. The molecule has 0 aliphatic rings. The average Bonchev–Trinajstić information content (AvgIpc) is 2.45. The lowest BCUT2D eigenvalue weighted by molar-refractivity contribution is -0.197. The second-order valence-corrected chi connectivity index (χ2v) is 8.93. The standard InChI is InChI=1S/C16H24F3NO3S/c1-10(20-24(23)14(2,3)4)11-7-6-8-12(13(11)17)16(18,19)15(5,22)9-21/h6-8,10,20-22H,9H2,1-5H3/t10-,15+,24-/m1/s1. The van der Waals surface area contributed by atoms with E-state index in [2.05, 4.69) is 4.72 Å². The molecule has 1 rings (SSSR count). The summed E-state index contributed by atoms with van der Waals surface area (Å²) in [5, 5.41) is 18.6.